The van der Waals surface area contributed by atoms with Crippen LogP contribution in [0.1, 0.15) is 11.1 Å². The molecule has 0 unspecified atom stereocenters. The van der Waals surface area contributed by atoms with Gasteiger partial charge in [0.15, 0.2) is 0 Å². The Hall–Kier alpha value is -3.32. The van der Waals surface area contributed by atoms with E-state index in [1.165, 1.54) is 0 Å². The van der Waals surface area contributed by atoms with Gasteiger partial charge in [-0.2, -0.15) is 0 Å². The van der Waals surface area contributed by atoms with Gasteiger partial charge in [0.05, 0.1) is 25.8 Å². The van der Waals surface area contributed by atoms with Crippen molar-refractivity contribution in [2.45, 2.75) is 13.3 Å². The van der Waals surface area contributed by atoms with Gasteiger partial charge in [-0.3, -0.25) is 14.5 Å². The van der Waals surface area contributed by atoms with Crippen molar-refractivity contribution >= 4 is 28.4 Å². The Labute approximate surface area is 182 Å². The van der Waals surface area contributed by atoms with Crippen LogP contribution in [0, 0.1) is 6.92 Å². The van der Waals surface area contributed by atoms with E-state index in [-0.39, 0.29) is 11.8 Å². The maximum atomic E-state index is 12.8. The van der Waals surface area contributed by atoms with Crippen LogP contribution in [-0.4, -0.2) is 66.4 Å². The van der Waals surface area contributed by atoms with E-state index in [4.69, 9.17) is 4.74 Å². The SMILES string of the molecule is COc1ccc(C)cc1NC(=O)CN1CCN(C(=O)Cc2c[nH]c3ccccc23)CC1. The van der Waals surface area contributed by atoms with Crippen LogP contribution in [0.2, 0.25) is 0 Å². The van der Waals surface area contributed by atoms with Crippen molar-refractivity contribution < 1.29 is 14.3 Å². The molecule has 7 heteroatoms. The molecule has 2 aromatic carbocycles. The first-order chi connectivity index (χ1) is 15.0. The molecule has 3 aromatic rings. The van der Waals surface area contributed by atoms with E-state index in [2.05, 4.69) is 15.2 Å². The lowest BCUT2D eigenvalue weighted by molar-refractivity contribution is -0.132. The lowest BCUT2D eigenvalue weighted by Gasteiger charge is -2.34. The third kappa shape index (κ3) is 4.88. The van der Waals surface area contributed by atoms with Crippen LogP contribution in [0.25, 0.3) is 10.9 Å². The highest BCUT2D eigenvalue weighted by Crippen LogP contribution is 2.25. The average molecular weight is 421 g/mol. The minimum Gasteiger partial charge on any atom is -0.495 e. The van der Waals surface area contributed by atoms with E-state index in [9.17, 15) is 9.59 Å². The van der Waals surface area contributed by atoms with Crippen LogP contribution in [0.15, 0.2) is 48.7 Å². The summed E-state index contributed by atoms with van der Waals surface area (Å²) in [5, 5.41) is 4.04. The molecule has 2 N–H and O–H groups in total. The molecule has 2 amide bonds. The number of rotatable bonds is 6. The number of anilines is 1. The number of para-hydroxylation sites is 1. The highest BCUT2D eigenvalue weighted by molar-refractivity contribution is 5.94. The number of aromatic nitrogens is 1. The molecule has 0 bridgehead atoms. The molecule has 0 saturated carbocycles. The molecule has 0 radical (unpaired) electrons. The number of methoxy groups -OCH3 is 1. The number of carbonyl (C=O) groups is 2. The third-order valence-corrected chi connectivity index (χ3v) is 5.74. The lowest BCUT2D eigenvalue weighted by atomic mass is 10.1. The summed E-state index contributed by atoms with van der Waals surface area (Å²) in [5.41, 5.74) is 3.80. The fourth-order valence-corrected chi connectivity index (χ4v) is 4.02. The number of carbonyl (C=O) groups excluding carboxylic acids is 2. The summed E-state index contributed by atoms with van der Waals surface area (Å²) in [6, 6.07) is 13.7. The van der Waals surface area contributed by atoms with Crippen molar-refractivity contribution in [2.24, 2.45) is 0 Å². The third-order valence-electron chi connectivity index (χ3n) is 5.74. The zero-order valence-electron chi connectivity index (χ0n) is 18.0. The van der Waals surface area contributed by atoms with E-state index < -0.39 is 0 Å². The molecular formula is C24H28N4O3. The van der Waals surface area contributed by atoms with Crippen molar-refractivity contribution in [1.82, 2.24) is 14.8 Å². The molecule has 1 aromatic heterocycles. The number of H-pyrrole nitrogens is 1. The Morgan fingerprint density at radius 1 is 1.10 bits per heavy atom. The first-order valence-corrected chi connectivity index (χ1v) is 10.5. The summed E-state index contributed by atoms with van der Waals surface area (Å²) in [6.07, 6.45) is 2.31. The molecule has 1 aliphatic rings. The molecule has 2 heterocycles. The van der Waals surface area contributed by atoms with E-state index >= 15 is 0 Å². The Morgan fingerprint density at radius 3 is 2.65 bits per heavy atom. The maximum absolute atomic E-state index is 12.8. The number of amides is 2. The van der Waals surface area contributed by atoms with Crippen LogP contribution in [0.5, 0.6) is 5.75 Å². The summed E-state index contributed by atoms with van der Waals surface area (Å²) in [7, 11) is 1.59. The number of hydrogen-bond donors (Lipinski definition) is 2. The average Bonchev–Trinajstić information content (AvgIpc) is 3.17. The predicted molar refractivity (Wildman–Crippen MR) is 121 cm³/mol. The summed E-state index contributed by atoms with van der Waals surface area (Å²) in [4.78, 5) is 32.5. The quantitative estimate of drug-likeness (QED) is 0.643. The minimum atomic E-state index is -0.0810. The summed E-state index contributed by atoms with van der Waals surface area (Å²) >= 11 is 0. The van der Waals surface area contributed by atoms with Gasteiger partial charge in [0.2, 0.25) is 11.8 Å². The Morgan fingerprint density at radius 2 is 1.87 bits per heavy atom. The summed E-state index contributed by atoms with van der Waals surface area (Å²) < 4.78 is 5.33. The Kier molecular flexibility index (Phi) is 6.23. The molecule has 1 saturated heterocycles. The molecule has 0 spiro atoms. The van der Waals surface area contributed by atoms with Crippen LogP contribution in [-0.2, 0) is 16.0 Å². The van der Waals surface area contributed by atoms with Crippen molar-refractivity contribution in [2.75, 3.05) is 45.2 Å². The van der Waals surface area contributed by atoms with Gasteiger partial charge in [-0.05, 0) is 36.2 Å². The first kappa shape index (κ1) is 20.9. The largest absolute Gasteiger partial charge is 0.495 e. The highest BCUT2D eigenvalue weighted by atomic mass is 16.5. The molecule has 4 rings (SSSR count). The topological polar surface area (TPSA) is 77.7 Å². The fourth-order valence-electron chi connectivity index (χ4n) is 4.02. The fraction of sp³-hybridized carbons (Fsp3) is 0.333. The molecule has 1 fully saturated rings. The Balaban J connectivity index is 1.28. The number of piperazine rings is 1. The molecule has 1 aliphatic heterocycles. The van der Waals surface area contributed by atoms with Gasteiger partial charge in [-0.25, -0.2) is 0 Å². The number of benzene rings is 2. The van der Waals surface area contributed by atoms with Gasteiger partial charge >= 0.3 is 0 Å². The normalized spacial score (nSPS) is 14.6. The number of ether oxygens (including phenoxy) is 1. The lowest BCUT2D eigenvalue weighted by Crippen LogP contribution is -2.50. The van der Waals surface area contributed by atoms with Gasteiger partial charge in [0, 0.05) is 43.3 Å². The van der Waals surface area contributed by atoms with Crippen molar-refractivity contribution in [3.8, 4) is 5.75 Å². The van der Waals surface area contributed by atoms with Crippen molar-refractivity contribution in [3.05, 3.63) is 59.8 Å². The van der Waals surface area contributed by atoms with E-state index in [0.29, 0.717) is 50.6 Å². The predicted octanol–water partition coefficient (Wildman–Crippen LogP) is 2.81. The van der Waals surface area contributed by atoms with E-state index in [0.717, 1.165) is 22.0 Å². The standard InChI is InChI=1S/C24H28N4O3/c1-17-7-8-22(31-2)21(13-17)26-23(29)16-27-9-11-28(12-10-27)24(30)14-18-15-25-20-6-4-3-5-19(18)20/h3-8,13,15,25H,9-12,14,16H2,1-2H3,(H,26,29). The van der Waals surface area contributed by atoms with Crippen LogP contribution in [0.3, 0.4) is 0 Å². The minimum absolute atomic E-state index is 0.0810. The van der Waals surface area contributed by atoms with E-state index in [1.807, 2.05) is 60.5 Å². The van der Waals surface area contributed by atoms with Crippen LogP contribution < -0.4 is 10.1 Å². The first-order valence-electron chi connectivity index (χ1n) is 10.5. The van der Waals surface area contributed by atoms with Crippen molar-refractivity contribution in [1.29, 1.82) is 0 Å². The highest BCUT2D eigenvalue weighted by Gasteiger charge is 2.23. The molecule has 0 atom stereocenters. The zero-order chi connectivity index (χ0) is 21.8. The summed E-state index contributed by atoms with van der Waals surface area (Å²) in [6.45, 7) is 4.88. The van der Waals surface area contributed by atoms with E-state index in [1.54, 1.807) is 7.11 Å². The second-order valence-electron chi connectivity index (χ2n) is 7.95. The molecule has 162 valence electrons. The molecule has 7 nitrogen and oxygen atoms in total. The van der Waals surface area contributed by atoms with Crippen LogP contribution >= 0.6 is 0 Å². The molecule has 0 aliphatic carbocycles. The van der Waals surface area contributed by atoms with Gasteiger partial charge < -0.3 is 19.9 Å². The molecular weight excluding hydrogens is 392 g/mol. The van der Waals surface area contributed by atoms with Gasteiger partial charge in [0.1, 0.15) is 5.75 Å². The van der Waals surface area contributed by atoms with Crippen molar-refractivity contribution in [3.63, 3.8) is 0 Å². The van der Waals surface area contributed by atoms with Gasteiger partial charge in [-0.15, -0.1) is 0 Å². The second kappa shape index (κ2) is 9.22. The number of fused-ring (bicyclic) bond motifs is 1. The number of nitrogens with zero attached hydrogens (tertiary/aromatic N) is 2. The number of nitrogens with one attached hydrogen (secondary N) is 2. The van der Waals surface area contributed by atoms with Gasteiger partial charge in [0.25, 0.3) is 0 Å². The number of aryl methyl sites for hydroxylation is 1. The zero-order valence-corrected chi connectivity index (χ0v) is 18.0. The maximum Gasteiger partial charge on any atom is 0.238 e. The smallest absolute Gasteiger partial charge is 0.238 e. The van der Waals surface area contributed by atoms with Gasteiger partial charge in [-0.1, -0.05) is 24.3 Å². The monoisotopic (exact) mass is 420 g/mol. The Bertz CT molecular complexity index is 1080. The molecule has 31 heavy (non-hydrogen) atoms. The second-order valence-corrected chi connectivity index (χ2v) is 7.95. The number of aromatic amines is 1. The summed E-state index contributed by atoms with van der Waals surface area (Å²) in [5.74, 6) is 0.687. The van der Waals surface area contributed by atoms with Crippen LogP contribution in [0.4, 0.5) is 5.69 Å². The number of hydrogen-bond acceptors (Lipinski definition) is 4.